The van der Waals surface area contributed by atoms with Crippen molar-refractivity contribution >= 4 is 11.6 Å². The van der Waals surface area contributed by atoms with Gasteiger partial charge in [0.05, 0.1) is 12.2 Å². The predicted molar refractivity (Wildman–Crippen MR) is 84.0 cm³/mol. The van der Waals surface area contributed by atoms with Crippen molar-refractivity contribution in [1.29, 1.82) is 0 Å². The average molecular weight is 290 g/mol. The Bertz CT molecular complexity index is 549. The van der Waals surface area contributed by atoms with Gasteiger partial charge in [0.25, 0.3) is 0 Å². The van der Waals surface area contributed by atoms with Gasteiger partial charge in [0.2, 0.25) is 0 Å². The Morgan fingerprint density at radius 2 is 1.76 bits per heavy atom. The fourth-order valence-corrected chi connectivity index (χ4v) is 3.76. The minimum Gasteiger partial charge on any atom is -0.355 e. The van der Waals surface area contributed by atoms with E-state index < -0.39 is 0 Å². The van der Waals surface area contributed by atoms with Crippen LogP contribution in [0.15, 0.2) is 0 Å². The maximum absolute atomic E-state index is 12.6. The summed E-state index contributed by atoms with van der Waals surface area (Å²) in [6.07, 6.45) is 1.24. The molecule has 1 aliphatic heterocycles. The zero-order valence-corrected chi connectivity index (χ0v) is 13.7. The number of aryl methyl sites for hydroxylation is 1. The normalized spacial score (nSPS) is 23.3. The van der Waals surface area contributed by atoms with E-state index in [4.69, 9.17) is 0 Å². The summed E-state index contributed by atoms with van der Waals surface area (Å²) in [6, 6.07) is 0. The first-order chi connectivity index (χ1) is 9.79. The van der Waals surface area contributed by atoms with Crippen LogP contribution < -0.4 is 0 Å². The van der Waals surface area contributed by atoms with Crippen molar-refractivity contribution in [2.75, 3.05) is 19.6 Å². The number of carbonyl (C=O) groups excluding carboxylic acids is 2. The third-order valence-electron chi connectivity index (χ3n) is 4.38. The molecule has 2 atom stereocenters. The molecule has 0 spiro atoms. The van der Waals surface area contributed by atoms with Gasteiger partial charge < -0.3 is 4.98 Å². The van der Waals surface area contributed by atoms with Crippen molar-refractivity contribution in [3.8, 4) is 0 Å². The van der Waals surface area contributed by atoms with Gasteiger partial charge in [-0.3, -0.25) is 14.5 Å². The number of ketones is 2. The molecule has 0 bridgehead atoms. The smallest absolute Gasteiger partial charge is 0.193 e. The Balaban J connectivity index is 2.14. The lowest BCUT2D eigenvalue weighted by Crippen LogP contribution is -2.41. The summed E-state index contributed by atoms with van der Waals surface area (Å²) in [5.41, 5.74) is 2.86. The van der Waals surface area contributed by atoms with Crippen LogP contribution in [0.25, 0.3) is 0 Å². The number of likely N-dealkylation sites (tertiary alicyclic amines) is 1. The van der Waals surface area contributed by atoms with E-state index in [0.717, 1.165) is 24.3 Å². The van der Waals surface area contributed by atoms with Crippen molar-refractivity contribution in [1.82, 2.24) is 9.88 Å². The van der Waals surface area contributed by atoms with Crippen LogP contribution in [0.5, 0.6) is 0 Å². The van der Waals surface area contributed by atoms with Gasteiger partial charge in [-0.2, -0.15) is 0 Å². The van der Waals surface area contributed by atoms with Gasteiger partial charge in [-0.15, -0.1) is 0 Å². The molecule has 116 valence electrons. The summed E-state index contributed by atoms with van der Waals surface area (Å²) >= 11 is 0. The highest BCUT2D eigenvalue weighted by Gasteiger charge is 2.26. The molecule has 1 saturated heterocycles. The summed E-state index contributed by atoms with van der Waals surface area (Å²) < 4.78 is 0. The zero-order valence-electron chi connectivity index (χ0n) is 13.7. The lowest BCUT2D eigenvalue weighted by Gasteiger charge is -2.34. The van der Waals surface area contributed by atoms with Crippen molar-refractivity contribution in [2.24, 2.45) is 11.8 Å². The Kier molecular flexibility index (Phi) is 4.67. The topological polar surface area (TPSA) is 53.2 Å². The van der Waals surface area contributed by atoms with E-state index in [1.165, 1.54) is 6.42 Å². The highest BCUT2D eigenvalue weighted by molar-refractivity contribution is 6.03. The van der Waals surface area contributed by atoms with Crippen molar-refractivity contribution in [3.05, 3.63) is 22.5 Å². The summed E-state index contributed by atoms with van der Waals surface area (Å²) in [4.78, 5) is 29.6. The van der Waals surface area contributed by atoms with Crippen LogP contribution in [0.3, 0.4) is 0 Å². The Morgan fingerprint density at radius 3 is 2.24 bits per heavy atom. The lowest BCUT2D eigenvalue weighted by atomic mass is 9.91. The molecule has 0 amide bonds. The number of H-pyrrole nitrogens is 1. The SMILES string of the molecule is CC(=O)c1c(C)[nH]c(C(=O)CN2C[C@@H](C)C[C@H](C)C2)c1C. The number of hydrogen-bond donors (Lipinski definition) is 1. The maximum atomic E-state index is 12.6. The standard InChI is InChI=1S/C17H26N2O2/c1-10-6-11(2)8-19(7-10)9-15(21)17-12(3)16(14(5)20)13(4)18-17/h10-11,18H,6-9H2,1-5H3/t10-,11-/m0/s1. The highest BCUT2D eigenvalue weighted by atomic mass is 16.1. The average Bonchev–Trinajstić information content (AvgIpc) is 2.63. The molecule has 21 heavy (non-hydrogen) atoms. The van der Waals surface area contributed by atoms with E-state index in [0.29, 0.717) is 29.6 Å². The van der Waals surface area contributed by atoms with Gasteiger partial charge in [0, 0.05) is 24.3 Å². The fraction of sp³-hybridized carbons (Fsp3) is 0.647. The molecule has 1 aromatic heterocycles. The number of aromatic nitrogens is 1. The Labute approximate surface area is 126 Å². The van der Waals surface area contributed by atoms with Gasteiger partial charge >= 0.3 is 0 Å². The molecule has 1 aromatic rings. The zero-order chi connectivity index (χ0) is 15.7. The van der Waals surface area contributed by atoms with Crippen molar-refractivity contribution in [3.63, 3.8) is 0 Å². The summed E-state index contributed by atoms with van der Waals surface area (Å²) in [7, 11) is 0. The van der Waals surface area contributed by atoms with Crippen LogP contribution >= 0.6 is 0 Å². The van der Waals surface area contributed by atoms with E-state index in [-0.39, 0.29) is 11.6 Å². The van der Waals surface area contributed by atoms with Crippen molar-refractivity contribution < 1.29 is 9.59 Å². The number of Topliss-reactive ketones (excluding diaryl/α,β-unsaturated/α-hetero) is 2. The molecule has 1 aliphatic rings. The van der Waals surface area contributed by atoms with Crippen LogP contribution in [-0.4, -0.2) is 41.1 Å². The quantitative estimate of drug-likeness (QED) is 0.867. The van der Waals surface area contributed by atoms with E-state index >= 15 is 0 Å². The molecule has 2 heterocycles. The predicted octanol–water partition coefficient (Wildman–Crippen LogP) is 2.99. The minimum absolute atomic E-state index is 0.0144. The van der Waals surface area contributed by atoms with Crippen LogP contribution in [0.1, 0.15) is 59.3 Å². The first-order valence-electron chi connectivity index (χ1n) is 7.75. The molecule has 0 radical (unpaired) electrons. The lowest BCUT2D eigenvalue weighted by molar-refractivity contribution is 0.0844. The fourth-order valence-electron chi connectivity index (χ4n) is 3.76. The maximum Gasteiger partial charge on any atom is 0.193 e. The minimum atomic E-state index is 0.0144. The second-order valence-corrected chi connectivity index (χ2v) is 6.74. The number of rotatable bonds is 4. The molecule has 4 heteroatoms. The molecule has 0 saturated carbocycles. The Hall–Kier alpha value is -1.42. The molecule has 1 fully saturated rings. The molecular formula is C17H26N2O2. The van der Waals surface area contributed by atoms with Gasteiger partial charge in [0.1, 0.15) is 0 Å². The van der Waals surface area contributed by atoms with E-state index in [2.05, 4.69) is 23.7 Å². The first-order valence-corrected chi connectivity index (χ1v) is 7.75. The summed E-state index contributed by atoms with van der Waals surface area (Å²) in [6.45, 7) is 12.1. The van der Waals surface area contributed by atoms with Crippen LogP contribution in [-0.2, 0) is 0 Å². The summed E-state index contributed by atoms with van der Waals surface area (Å²) in [5.74, 6) is 1.38. The van der Waals surface area contributed by atoms with Crippen LogP contribution in [0.2, 0.25) is 0 Å². The van der Waals surface area contributed by atoms with Gasteiger partial charge in [-0.05, 0) is 44.6 Å². The third kappa shape index (κ3) is 3.43. The number of hydrogen-bond acceptors (Lipinski definition) is 3. The van der Waals surface area contributed by atoms with E-state index in [1.54, 1.807) is 6.92 Å². The van der Waals surface area contributed by atoms with Gasteiger partial charge in [-0.1, -0.05) is 13.8 Å². The summed E-state index contributed by atoms with van der Waals surface area (Å²) in [5, 5.41) is 0. The largest absolute Gasteiger partial charge is 0.355 e. The van der Waals surface area contributed by atoms with Crippen LogP contribution in [0, 0.1) is 25.7 Å². The first kappa shape index (κ1) is 16.0. The number of aromatic amines is 1. The monoisotopic (exact) mass is 290 g/mol. The van der Waals surface area contributed by atoms with E-state index in [1.807, 2.05) is 13.8 Å². The molecule has 2 rings (SSSR count). The van der Waals surface area contributed by atoms with Gasteiger partial charge in [0.15, 0.2) is 11.6 Å². The van der Waals surface area contributed by atoms with Gasteiger partial charge in [-0.25, -0.2) is 0 Å². The van der Waals surface area contributed by atoms with E-state index in [9.17, 15) is 9.59 Å². The Morgan fingerprint density at radius 1 is 1.19 bits per heavy atom. The van der Waals surface area contributed by atoms with Crippen molar-refractivity contribution in [2.45, 2.75) is 41.0 Å². The third-order valence-corrected chi connectivity index (χ3v) is 4.38. The number of piperidine rings is 1. The molecular weight excluding hydrogens is 264 g/mol. The molecule has 1 N–H and O–H groups in total. The molecule has 0 unspecified atom stereocenters. The number of nitrogens with zero attached hydrogens (tertiary/aromatic N) is 1. The highest BCUT2D eigenvalue weighted by Crippen LogP contribution is 2.23. The number of nitrogens with one attached hydrogen (secondary N) is 1. The van der Waals surface area contributed by atoms with Crippen LogP contribution in [0.4, 0.5) is 0 Å². The second kappa shape index (κ2) is 6.14. The number of carbonyl (C=O) groups is 2. The molecule has 0 aromatic carbocycles. The molecule has 4 nitrogen and oxygen atoms in total. The second-order valence-electron chi connectivity index (χ2n) is 6.74. The molecule has 0 aliphatic carbocycles.